The van der Waals surface area contributed by atoms with Crippen molar-refractivity contribution < 1.29 is 4.74 Å². The van der Waals surface area contributed by atoms with E-state index in [1.54, 1.807) is 0 Å². The molecule has 0 radical (unpaired) electrons. The first-order chi connectivity index (χ1) is 10.2. The van der Waals surface area contributed by atoms with Gasteiger partial charge >= 0.3 is 0 Å². The molecule has 1 aromatic rings. The average Bonchev–Trinajstić information content (AvgIpc) is 3.09. The van der Waals surface area contributed by atoms with Gasteiger partial charge in [-0.2, -0.15) is 0 Å². The molecule has 2 unspecified atom stereocenters. The van der Waals surface area contributed by atoms with Gasteiger partial charge in [-0.3, -0.25) is 0 Å². The van der Waals surface area contributed by atoms with Crippen LogP contribution in [0.4, 0.5) is 0 Å². The van der Waals surface area contributed by atoms with Gasteiger partial charge in [0.25, 0.3) is 0 Å². The molecular weight excluding hydrogens is 348 g/mol. The Bertz CT molecular complexity index is 470. The maximum absolute atomic E-state index is 6.44. The predicted octanol–water partition coefficient (Wildman–Crippen LogP) is 5.73. The SMILES string of the molecule is ClCC(Cc1cccc(Br)c1)CC1CCC2(CCCC2)O1. The molecule has 2 atom stereocenters. The summed E-state index contributed by atoms with van der Waals surface area (Å²) in [4.78, 5) is 0. The van der Waals surface area contributed by atoms with Gasteiger partial charge in [-0.15, -0.1) is 11.6 Å². The number of rotatable bonds is 5. The highest BCUT2D eigenvalue weighted by atomic mass is 79.9. The van der Waals surface area contributed by atoms with Crippen LogP contribution in [0.3, 0.4) is 0 Å². The molecule has 2 aliphatic rings. The number of halogens is 2. The molecule has 0 amide bonds. The normalized spacial score (nSPS) is 25.5. The van der Waals surface area contributed by atoms with Gasteiger partial charge < -0.3 is 4.74 Å². The minimum atomic E-state index is 0.247. The number of hydrogen-bond donors (Lipinski definition) is 0. The van der Waals surface area contributed by atoms with Crippen LogP contribution < -0.4 is 0 Å². The van der Waals surface area contributed by atoms with E-state index in [9.17, 15) is 0 Å². The number of hydrogen-bond acceptors (Lipinski definition) is 1. The fourth-order valence-corrected chi connectivity index (χ4v) is 4.70. The molecule has 21 heavy (non-hydrogen) atoms. The minimum Gasteiger partial charge on any atom is -0.372 e. The molecule has 1 saturated carbocycles. The molecule has 1 saturated heterocycles. The van der Waals surface area contributed by atoms with Crippen LogP contribution in [0.1, 0.15) is 50.5 Å². The van der Waals surface area contributed by atoms with Crippen LogP contribution in [-0.4, -0.2) is 17.6 Å². The Hall–Kier alpha value is -0.0500. The molecule has 0 N–H and O–H groups in total. The molecule has 2 fully saturated rings. The lowest BCUT2D eigenvalue weighted by atomic mass is 9.93. The highest BCUT2D eigenvalue weighted by Gasteiger charge is 2.42. The average molecular weight is 372 g/mol. The van der Waals surface area contributed by atoms with Crippen LogP contribution in [0.2, 0.25) is 0 Å². The van der Waals surface area contributed by atoms with Gasteiger partial charge in [-0.1, -0.05) is 40.9 Å². The first-order valence-electron chi connectivity index (χ1n) is 8.17. The highest BCUT2D eigenvalue weighted by molar-refractivity contribution is 9.10. The predicted molar refractivity (Wildman–Crippen MR) is 92.0 cm³/mol. The summed E-state index contributed by atoms with van der Waals surface area (Å²) >= 11 is 9.76. The Morgan fingerprint density at radius 3 is 2.81 bits per heavy atom. The summed E-state index contributed by atoms with van der Waals surface area (Å²) in [6, 6.07) is 8.57. The van der Waals surface area contributed by atoms with Crippen molar-refractivity contribution in [2.24, 2.45) is 5.92 Å². The monoisotopic (exact) mass is 370 g/mol. The van der Waals surface area contributed by atoms with E-state index in [4.69, 9.17) is 16.3 Å². The summed E-state index contributed by atoms with van der Waals surface area (Å²) in [7, 11) is 0. The van der Waals surface area contributed by atoms with E-state index in [0.717, 1.165) is 23.2 Å². The Morgan fingerprint density at radius 1 is 1.29 bits per heavy atom. The van der Waals surface area contributed by atoms with Crippen LogP contribution in [0, 0.1) is 5.92 Å². The third-order valence-electron chi connectivity index (χ3n) is 5.08. The molecule has 3 heteroatoms. The fraction of sp³-hybridized carbons (Fsp3) is 0.667. The van der Waals surface area contributed by atoms with E-state index in [1.165, 1.54) is 44.1 Å². The van der Waals surface area contributed by atoms with E-state index in [1.807, 2.05) is 0 Å². The summed E-state index contributed by atoms with van der Waals surface area (Å²) in [6.07, 6.45) is 10.3. The summed E-state index contributed by atoms with van der Waals surface area (Å²) in [5.41, 5.74) is 1.61. The summed E-state index contributed by atoms with van der Waals surface area (Å²) in [5.74, 6) is 1.24. The summed E-state index contributed by atoms with van der Waals surface area (Å²) < 4.78 is 7.58. The van der Waals surface area contributed by atoms with E-state index in [-0.39, 0.29) is 5.60 Å². The molecule has 1 spiro atoms. The van der Waals surface area contributed by atoms with E-state index >= 15 is 0 Å². The molecule has 0 aromatic heterocycles. The Morgan fingerprint density at radius 2 is 2.10 bits per heavy atom. The second-order valence-corrected chi connectivity index (χ2v) is 7.98. The molecule has 0 bridgehead atoms. The van der Waals surface area contributed by atoms with Gasteiger partial charge in [-0.05, 0) is 62.1 Å². The van der Waals surface area contributed by atoms with Crippen molar-refractivity contribution in [3.8, 4) is 0 Å². The number of alkyl halides is 1. The van der Waals surface area contributed by atoms with Crippen molar-refractivity contribution in [2.45, 2.75) is 63.1 Å². The molecule has 1 heterocycles. The highest BCUT2D eigenvalue weighted by Crippen LogP contribution is 2.44. The molecule has 1 nitrogen and oxygen atoms in total. The zero-order valence-corrected chi connectivity index (χ0v) is 14.8. The maximum atomic E-state index is 6.44. The van der Waals surface area contributed by atoms with Crippen LogP contribution in [0.5, 0.6) is 0 Å². The quantitative estimate of drug-likeness (QED) is 0.601. The third-order valence-corrected chi connectivity index (χ3v) is 6.01. The van der Waals surface area contributed by atoms with E-state index < -0.39 is 0 Å². The third kappa shape index (κ3) is 4.03. The van der Waals surface area contributed by atoms with Gasteiger partial charge in [0.2, 0.25) is 0 Å². The van der Waals surface area contributed by atoms with Crippen molar-refractivity contribution in [1.82, 2.24) is 0 Å². The summed E-state index contributed by atoms with van der Waals surface area (Å²) in [5, 5.41) is 0. The van der Waals surface area contributed by atoms with Gasteiger partial charge in [-0.25, -0.2) is 0 Å². The zero-order valence-electron chi connectivity index (χ0n) is 12.5. The molecule has 1 aromatic carbocycles. The molecule has 3 rings (SSSR count). The largest absolute Gasteiger partial charge is 0.372 e. The zero-order chi connectivity index (χ0) is 14.7. The molecular formula is C18H24BrClO. The lowest BCUT2D eigenvalue weighted by Gasteiger charge is -2.25. The van der Waals surface area contributed by atoms with Crippen LogP contribution in [0.25, 0.3) is 0 Å². The van der Waals surface area contributed by atoms with Gasteiger partial charge in [0.15, 0.2) is 0 Å². The second kappa shape index (κ2) is 7.02. The van der Waals surface area contributed by atoms with Crippen LogP contribution in [0.15, 0.2) is 28.7 Å². The van der Waals surface area contributed by atoms with Gasteiger partial charge in [0, 0.05) is 10.4 Å². The second-order valence-electron chi connectivity index (χ2n) is 6.76. The molecule has 116 valence electrons. The van der Waals surface area contributed by atoms with Crippen molar-refractivity contribution in [3.63, 3.8) is 0 Å². The van der Waals surface area contributed by atoms with E-state index in [2.05, 4.69) is 40.2 Å². The van der Waals surface area contributed by atoms with Crippen LogP contribution >= 0.6 is 27.5 Å². The van der Waals surface area contributed by atoms with E-state index in [0.29, 0.717) is 12.0 Å². The number of benzene rings is 1. The summed E-state index contributed by atoms with van der Waals surface area (Å²) in [6.45, 7) is 0. The first kappa shape index (κ1) is 15.8. The maximum Gasteiger partial charge on any atom is 0.0687 e. The van der Waals surface area contributed by atoms with Gasteiger partial charge in [0.1, 0.15) is 0 Å². The smallest absolute Gasteiger partial charge is 0.0687 e. The lowest BCUT2D eigenvalue weighted by molar-refractivity contribution is -0.0432. The lowest BCUT2D eigenvalue weighted by Crippen LogP contribution is -2.26. The van der Waals surface area contributed by atoms with Gasteiger partial charge in [0.05, 0.1) is 11.7 Å². The topological polar surface area (TPSA) is 9.23 Å². The van der Waals surface area contributed by atoms with Crippen molar-refractivity contribution in [1.29, 1.82) is 0 Å². The molecule has 1 aliphatic heterocycles. The first-order valence-corrected chi connectivity index (χ1v) is 9.50. The van der Waals surface area contributed by atoms with Crippen molar-refractivity contribution in [3.05, 3.63) is 34.3 Å². The Balaban J connectivity index is 1.55. The fourth-order valence-electron chi connectivity index (χ4n) is 4.02. The van der Waals surface area contributed by atoms with Crippen LogP contribution in [-0.2, 0) is 11.2 Å². The number of ether oxygens (including phenoxy) is 1. The molecule has 1 aliphatic carbocycles. The minimum absolute atomic E-state index is 0.247. The van der Waals surface area contributed by atoms with Crippen molar-refractivity contribution in [2.75, 3.05) is 5.88 Å². The Kier molecular flexibility index (Phi) is 5.29. The standard InChI is InChI=1S/C18H24BrClO/c19-16-5-3-4-14(11-16)10-15(13-20)12-17-6-9-18(21-17)7-1-2-8-18/h3-5,11,15,17H,1-2,6-10,12-13H2. The van der Waals surface area contributed by atoms with Crippen molar-refractivity contribution >= 4 is 27.5 Å². The Labute approximate surface area is 141 Å².